The summed E-state index contributed by atoms with van der Waals surface area (Å²) in [7, 11) is 0. The van der Waals surface area contributed by atoms with Gasteiger partial charge in [-0.2, -0.15) is 0 Å². The third kappa shape index (κ3) is 8.21. The molecule has 17 heavy (non-hydrogen) atoms. The molecule has 98 valence electrons. The molecule has 0 heterocycles. The van der Waals surface area contributed by atoms with Crippen molar-refractivity contribution in [3.8, 4) is 0 Å². The van der Waals surface area contributed by atoms with Crippen LogP contribution in [0.5, 0.6) is 0 Å². The van der Waals surface area contributed by atoms with Gasteiger partial charge < -0.3 is 4.84 Å². The third-order valence-electron chi connectivity index (χ3n) is 2.07. The Labute approximate surface area is 109 Å². The number of benzene rings is 1. The fourth-order valence-corrected chi connectivity index (χ4v) is 2.01. The van der Waals surface area contributed by atoms with E-state index >= 15 is 0 Å². The van der Waals surface area contributed by atoms with E-state index in [1.807, 2.05) is 19.9 Å². The van der Waals surface area contributed by atoms with Gasteiger partial charge in [0.1, 0.15) is 0 Å². The Kier molecular flexibility index (Phi) is 11.5. The standard InChI is InChI=1S/C11H18N2OS.C2H6/c1-10(11-6-3-2-4-7-11)15-13-8-5-9-14-12;1-2/h2-4,6-7,10,13H,5,8-9,12H2,1H3;1-2H3. The van der Waals surface area contributed by atoms with Gasteiger partial charge >= 0.3 is 0 Å². The maximum Gasteiger partial charge on any atom is 0.0691 e. The molecule has 0 saturated carbocycles. The number of rotatable bonds is 7. The molecule has 0 radical (unpaired) electrons. The average molecular weight is 256 g/mol. The lowest BCUT2D eigenvalue weighted by Crippen LogP contribution is -2.12. The van der Waals surface area contributed by atoms with Gasteiger partial charge in [-0.05, 0) is 18.9 Å². The fourth-order valence-electron chi connectivity index (χ4n) is 1.20. The van der Waals surface area contributed by atoms with Gasteiger partial charge in [-0.25, -0.2) is 5.90 Å². The molecule has 1 rings (SSSR count). The highest BCUT2D eigenvalue weighted by Crippen LogP contribution is 2.24. The van der Waals surface area contributed by atoms with Gasteiger partial charge in [0.05, 0.1) is 6.61 Å². The van der Waals surface area contributed by atoms with Crippen molar-refractivity contribution in [3.63, 3.8) is 0 Å². The van der Waals surface area contributed by atoms with Crippen LogP contribution in [0.1, 0.15) is 38.0 Å². The zero-order chi connectivity index (χ0) is 12.9. The van der Waals surface area contributed by atoms with E-state index in [1.54, 1.807) is 11.9 Å². The smallest absolute Gasteiger partial charge is 0.0691 e. The molecule has 1 aromatic rings. The van der Waals surface area contributed by atoms with Crippen molar-refractivity contribution >= 4 is 11.9 Å². The first-order chi connectivity index (χ1) is 8.34. The topological polar surface area (TPSA) is 47.3 Å². The largest absolute Gasteiger partial charge is 0.305 e. The van der Waals surface area contributed by atoms with Crippen LogP contribution in [-0.4, -0.2) is 13.2 Å². The predicted octanol–water partition coefficient (Wildman–Crippen LogP) is 3.29. The first-order valence-corrected chi connectivity index (χ1v) is 6.97. The second kappa shape index (κ2) is 11.9. The zero-order valence-corrected chi connectivity index (χ0v) is 11.8. The van der Waals surface area contributed by atoms with E-state index < -0.39 is 0 Å². The zero-order valence-electron chi connectivity index (χ0n) is 11.0. The van der Waals surface area contributed by atoms with E-state index in [9.17, 15) is 0 Å². The summed E-state index contributed by atoms with van der Waals surface area (Å²) in [6.07, 6.45) is 0.936. The summed E-state index contributed by atoms with van der Waals surface area (Å²) in [5.41, 5.74) is 1.34. The molecule has 0 spiro atoms. The highest BCUT2D eigenvalue weighted by Gasteiger charge is 2.03. The molecule has 0 aliphatic heterocycles. The molecule has 0 aliphatic carbocycles. The molecule has 0 aliphatic rings. The molecule has 3 nitrogen and oxygen atoms in total. The van der Waals surface area contributed by atoms with E-state index in [4.69, 9.17) is 5.90 Å². The van der Waals surface area contributed by atoms with Gasteiger partial charge in [-0.15, -0.1) is 0 Å². The van der Waals surface area contributed by atoms with Gasteiger partial charge in [0.15, 0.2) is 0 Å². The summed E-state index contributed by atoms with van der Waals surface area (Å²) in [5, 5.41) is 0.463. The molecule has 0 aromatic heterocycles. The lowest BCUT2D eigenvalue weighted by atomic mass is 10.2. The average Bonchev–Trinajstić information content (AvgIpc) is 2.41. The van der Waals surface area contributed by atoms with Crippen LogP contribution in [0.3, 0.4) is 0 Å². The maximum absolute atomic E-state index is 4.93. The van der Waals surface area contributed by atoms with Crippen LogP contribution in [-0.2, 0) is 4.84 Å². The summed E-state index contributed by atoms with van der Waals surface area (Å²) in [6.45, 7) is 7.71. The quantitative estimate of drug-likeness (QED) is 0.446. The Hall–Kier alpha value is -0.550. The lowest BCUT2D eigenvalue weighted by molar-refractivity contribution is 0.136. The van der Waals surface area contributed by atoms with Crippen LogP contribution in [0.25, 0.3) is 0 Å². The van der Waals surface area contributed by atoms with Crippen molar-refractivity contribution in [3.05, 3.63) is 35.9 Å². The summed E-state index contributed by atoms with van der Waals surface area (Å²) in [5.74, 6) is 4.93. The van der Waals surface area contributed by atoms with Gasteiger partial charge in [0.25, 0.3) is 0 Å². The lowest BCUT2D eigenvalue weighted by Gasteiger charge is -2.11. The predicted molar refractivity (Wildman–Crippen MR) is 76.6 cm³/mol. The Bertz CT molecular complexity index is 257. The second-order valence-electron chi connectivity index (χ2n) is 3.29. The summed E-state index contributed by atoms with van der Waals surface area (Å²) in [4.78, 5) is 4.48. The minimum atomic E-state index is 0.463. The maximum atomic E-state index is 4.93. The van der Waals surface area contributed by atoms with Crippen LogP contribution in [0.4, 0.5) is 0 Å². The van der Waals surface area contributed by atoms with Crippen molar-refractivity contribution in [2.24, 2.45) is 5.90 Å². The van der Waals surface area contributed by atoms with Gasteiger partial charge in [-0.1, -0.05) is 56.1 Å². The van der Waals surface area contributed by atoms with Crippen molar-refractivity contribution in [2.45, 2.75) is 32.4 Å². The molecule has 4 heteroatoms. The van der Waals surface area contributed by atoms with Crippen molar-refractivity contribution in [2.75, 3.05) is 13.2 Å². The first-order valence-electron chi connectivity index (χ1n) is 6.09. The third-order valence-corrected chi connectivity index (χ3v) is 3.07. The molecular weight excluding hydrogens is 232 g/mol. The van der Waals surface area contributed by atoms with Crippen LogP contribution in [0, 0.1) is 0 Å². The van der Waals surface area contributed by atoms with Crippen molar-refractivity contribution in [1.29, 1.82) is 0 Å². The van der Waals surface area contributed by atoms with E-state index in [0.29, 0.717) is 11.9 Å². The Morgan fingerprint density at radius 3 is 2.53 bits per heavy atom. The number of nitrogens with one attached hydrogen (secondary N) is 1. The SMILES string of the molecule is CC.CC(SNCCCON)c1ccccc1. The Morgan fingerprint density at radius 1 is 1.29 bits per heavy atom. The second-order valence-corrected chi connectivity index (χ2v) is 4.52. The first kappa shape index (κ1) is 16.4. The summed E-state index contributed by atoms with van der Waals surface area (Å²) < 4.78 is 3.30. The molecule has 0 saturated heterocycles. The minimum absolute atomic E-state index is 0.463. The van der Waals surface area contributed by atoms with Gasteiger partial charge in [0.2, 0.25) is 0 Å². The fraction of sp³-hybridized carbons (Fsp3) is 0.538. The van der Waals surface area contributed by atoms with Crippen molar-refractivity contribution < 1.29 is 4.84 Å². The Balaban J connectivity index is 0.00000121. The summed E-state index contributed by atoms with van der Waals surface area (Å²) >= 11 is 1.73. The molecule has 0 bridgehead atoms. The van der Waals surface area contributed by atoms with E-state index in [-0.39, 0.29) is 0 Å². The highest BCUT2D eigenvalue weighted by atomic mass is 32.2. The van der Waals surface area contributed by atoms with Crippen LogP contribution >= 0.6 is 11.9 Å². The molecule has 0 fully saturated rings. The molecule has 0 amide bonds. The van der Waals surface area contributed by atoms with E-state index in [1.165, 1.54) is 5.56 Å². The molecule has 1 atom stereocenters. The van der Waals surface area contributed by atoms with Crippen LogP contribution < -0.4 is 10.6 Å². The molecule has 3 N–H and O–H groups in total. The van der Waals surface area contributed by atoms with Crippen LogP contribution in [0.15, 0.2) is 30.3 Å². The van der Waals surface area contributed by atoms with E-state index in [0.717, 1.165) is 13.0 Å². The number of hydrogen-bond donors (Lipinski definition) is 2. The minimum Gasteiger partial charge on any atom is -0.305 e. The molecule has 1 unspecified atom stereocenters. The highest BCUT2D eigenvalue weighted by molar-refractivity contribution is 7.97. The summed E-state index contributed by atoms with van der Waals surface area (Å²) in [6, 6.07) is 10.4. The monoisotopic (exact) mass is 256 g/mol. The van der Waals surface area contributed by atoms with Gasteiger partial charge in [-0.3, -0.25) is 4.72 Å². The number of hydrogen-bond acceptors (Lipinski definition) is 4. The normalized spacial score (nSPS) is 11.5. The van der Waals surface area contributed by atoms with E-state index in [2.05, 4.69) is 40.7 Å². The Morgan fingerprint density at radius 2 is 1.94 bits per heavy atom. The van der Waals surface area contributed by atoms with Crippen molar-refractivity contribution in [1.82, 2.24) is 4.72 Å². The molecule has 1 aromatic carbocycles. The molecular formula is C13H24N2OS. The number of nitrogens with two attached hydrogens (primary N) is 1. The van der Waals surface area contributed by atoms with Gasteiger partial charge in [0, 0.05) is 11.8 Å². The van der Waals surface area contributed by atoms with Crippen LogP contribution in [0.2, 0.25) is 0 Å².